The van der Waals surface area contributed by atoms with Crippen molar-refractivity contribution in [2.45, 2.75) is 45.5 Å². The van der Waals surface area contributed by atoms with Gasteiger partial charge in [-0.15, -0.1) is 0 Å². The summed E-state index contributed by atoms with van der Waals surface area (Å²) in [5.41, 5.74) is 1.18. The highest BCUT2D eigenvalue weighted by Gasteiger charge is 2.08. The van der Waals surface area contributed by atoms with Gasteiger partial charge in [0.15, 0.2) is 0 Å². The van der Waals surface area contributed by atoms with Crippen LogP contribution in [0.5, 0.6) is 0 Å². The highest BCUT2D eigenvalue weighted by molar-refractivity contribution is 5.13. The Kier molecular flexibility index (Phi) is 5.37. The van der Waals surface area contributed by atoms with Gasteiger partial charge in [0.05, 0.1) is 18.8 Å². The molecule has 2 nitrogen and oxygen atoms in total. The highest BCUT2D eigenvalue weighted by atomic mass is 16.5. The summed E-state index contributed by atoms with van der Waals surface area (Å²) in [6.45, 7) is 4.61. The van der Waals surface area contributed by atoms with Gasteiger partial charge in [0.1, 0.15) is 0 Å². The van der Waals surface area contributed by atoms with Crippen molar-refractivity contribution in [1.82, 2.24) is 0 Å². The molecule has 2 heteroatoms. The van der Waals surface area contributed by atoms with Crippen molar-refractivity contribution in [3.05, 3.63) is 35.9 Å². The molecular weight excluding hydrogens is 188 g/mol. The van der Waals surface area contributed by atoms with Crippen molar-refractivity contribution < 1.29 is 9.84 Å². The van der Waals surface area contributed by atoms with Gasteiger partial charge in [-0.25, -0.2) is 0 Å². The summed E-state index contributed by atoms with van der Waals surface area (Å²) in [6, 6.07) is 10.1. The van der Waals surface area contributed by atoms with Crippen LogP contribution in [0, 0.1) is 0 Å². The van der Waals surface area contributed by atoms with Crippen LogP contribution in [0.15, 0.2) is 30.3 Å². The second-order valence-corrected chi connectivity index (χ2v) is 3.90. The molecule has 0 saturated carbocycles. The third kappa shape index (κ3) is 4.96. The van der Waals surface area contributed by atoms with E-state index in [1.165, 1.54) is 5.56 Å². The normalized spacial score (nSPS) is 14.9. The van der Waals surface area contributed by atoms with E-state index in [4.69, 9.17) is 4.74 Å². The quantitative estimate of drug-likeness (QED) is 0.779. The summed E-state index contributed by atoms with van der Waals surface area (Å²) in [6.07, 6.45) is 1.37. The lowest BCUT2D eigenvalue weighted by molar-refractivity contribution is 0.0140. The van der Waals surface area contributed by atoms with E-state index in [2.05, 4.69) is 0 Å². The van der Waals surface area contributed by atoms with Gasteiger partial charge in [-0.3, -0.25) is 0 Å². The molecule has 0 spiro atoms. The summed E-state index contributed by atoms with van der Waals surface area (Å²) in [7, 11) is 0. The minimum atomic E-state index is -0.240. The van der Waals surface area contributed by atoms with Gasteiger partial charge in [-0.1, -0.05) is 37.3 Å². The molecule has 0 saturated heterocycles. The zero-order valence-corrected chi connectivity index (χ0v) is 9.52. The molecule has 1 aromatic carbocycles. The smallest absolute Gasteiger partial charge is 0.0720 e. The molecule has 1 rings (SSSR count). The molecule has 0 radical (unpaired) electrons. The first kappa shape index (κ1) is 12.2. The molecule has 0 amide bonds. The Bertz CT molecular complexity index is 258. The van der Waals surface area contributed by atoms with E-state index >= 15 is 0 Å². The molecule has 1 N–H and O–H groups in total. The van der Waals surface area contributed by atoms with Crippen LogP contribution in [0.2, 0.25) is 0 Å². The zero-order valence-electron chi connectivity index (χ0n) is 9.52. The average molecular weight is 208 g/mol. The van der Waals surface area contributed by atoms with Crippen LogP contribution in [0.25, 0.3) is 0 Å². The Morgan fingerprint density at radius 2 is 1.93 bits per heavy atom. The van der Waals surface area contributed by atoms with Gasteiger partial charge in [0, 0.05) is 0 Å². The molecule has 15 heavy (non-hydrogen) atoms. The third-order valence-electron chi connectivity index (χ3n) is 2.45. The van der Waals surface area contributed by atoms with Crippen LogP contribution >= 0.6 is 0 Å². The monoisotopic (exact) mass is 208 g/mol. The number of benzene rings is 1. The lowest BCUT2D eigenvalue weighted by Gasteiger charge is -2.16. The van der Waals surface area contributed by atoms with Crippen molar-refractivity contribution in [2.24, 2.45) is 0 Å². The highest BCUT2D eigenvalue weighted by Crippen LogP contribution is 2.08. The Hall–Kier alpha value is -0.860. The third-order valence-corrected chi connectivity index (χ3v) is 2.45. The van der Waals surface area contributed by atoms with Gasteiger partial charge in [-0.2, -0.15) is 0 Å². The largest absolute Gasteiger partial charge is 0.393 e. The maximum atomic E-state index is 9.45. The number of aliphatic hydroxyl groups is 1. The summed E-state index contributed by atoms with van der Waals surface area (Å²) in [5, 5.41) is 9.45. The summed E-state index contributed by atoms with van der Waals surface area (Å²) < 4.78 is 5.64. The molecular formula is C13H20O2. The maximum absolute atomic E-state index is 9.45. The fourth-order valence-electron chi connectivity index (χ4n) is 1.43. The van der Waals surface area contributed by atoms with Crippen molar-refractivity contribution in [3.63, 3.8) is 0 Å². The minimum absolute atomic E-state index is 0.111. The molecule has 1 aromatic rings. The number of hydrogen-bond acceptors (Lipinski definition) is 2. The number of hydrogen-bond donors (Lipinski definition) is 1. The molecule has 84 valence electrons. The SMILES string of the molecule is CC[C@H](O)C[C@H](C)OCc1ccccc1. The van der Waals surface area contributed by atoms with Crippen molar-refractivity contribution in [1.29, 1.82) is 0 Å². The molecule has 0 unspecified atom stereocenters. The van der Waals surface area contributed by atoms with Crippen molar-refractivity contribution >= 4 is 0 Å². The minimum Gasteiger partial charge on any atom is -0.393 e. The predicted molar refractivity (Wildman–Crippen MR) is 61.6 cm³/mol. The second kappa shape index (κ2) is 6.59. The summed E-state index contributed by atoms with van der Waals surface area (Å²) in [4.78, 5) is 0. The lowest BCUT2D eigenvalue weighted by atomic mass is 10.1. The number of rotatable bonds is 6. The van der Waals surface area contributed by atoms with E-state index in [-0.39, 0.29) is 12.2 Å². The standard InChI is InChI=1S/C13H20O2/c1-3-13(14)9-11(2)15-10-12-7-5-4-6-8-12/h4-8,11,13-14H,3,9-10H2,1-2H3/t11-,13-/m0/s1. The fourth-order valence-corrected chi connectivity index (χ4v) is 1.43. The first-order valence-corrected chi connectivity index (χ1v) is 5.56. The molecule has 0 aliphatic rings. The van der Waals surface area contributed by atoms with Crippen LogP contribution in [0.3, 0.4) is 0 Å². The molecule has 0 aliphatic heterocycles. The fraction of sp³-hybridized carbons (Fsp3) is 0.538. The first-order valence-electron chi connectivity index (χ1n) is 5.56. The maximum Gasteiger partial charge on any atom is 0.0720 e. The van der Waals surface area contributed by atoms with Crippen LogP contribution in [0.4, 0.5) is 0 Å². The second-order valence-electron chi connectivity index (χ2n) is 3.90. The van der Waals surface area contributed by atoms with Gasteiger partial charge in [-0.05, 0) is 25.3 Å². The molecule has 0 aliphatic carbocycles. The predicted octanol–water partition coefficient (Wildman–Crippen LogP) is 2.75. The Morgan fingerprint density at radius 1 is 1.27 bits per heavy atom. The molecule has 2 atom stereocenters. The van der Waals surface area contributed by atoms with Crippen LogP contribution in [0.1, 0.15) is 32.3 Å². The van der Waals surface area contributed by atoms with E-state index in [1.54, 1.807) is 0 Å². The number of aliphatic hydroxyl groups excluding tert-OH is 1. The number of ether oxygens (including phenoxy) is 1. The van der Waals surface area contributed by atoms with Crippen LogP contribution in [-0.2, 0) is 11.3 Å². The van der Waals surface area contributed by atoms with E-state index in [0.29, 0.717) is 13.0 Å². The topological polar surface area (TPSA) is 29.5 Å². The molecule has 0 bridgehead atoms. The van der Waals surface area contributed by atoms with Gasteiger partial charge < -0.3 is 9.84 Å². The van der Waals surface area contributed by atoms with Gasteiger partial charge >= 0.3 is 0 Å². The Morgan fingerprint density at radius 3 is 2.53 bits per heavy atom. The zero-order chi connectivity index (χ0) is 11.1. The van der Waals surface area contributed by atoms with E-state index in [9.17, 15) is 5.11 Å². The lowest BCUT2D eigenvalue weighted by Crippen LogP contribution is -2.17. The Balaban J connectivity index is 2.25. The molecule has 0 heterocycles. The van der Waals surface area contributed by atoms with Crippen molar-refractivity contribution in [2.75, 3.05) is 0 Å². The van der Waals surface area contributed by atoms with E-state index in [1.807, 2.05) is 44.2 Å². The van der Waals surface area contributed by atoms with Gasteiger partial charge in [0.25, 0.3) is 0 Å². The first-order chi connectivity index (χ1) is 7.22. The molecule has 0 fully saturated rings. The summed E-state index contributed by atoms with van der Waals surface area (Å²) in [5.74, 6) is 0. The summed E-state index contributed by atoms with van der Waals surface area (Å²) >= 11 is 0. The Labute approximate surface area is 91.9 Å². The molecule has 0 aromatic heterocycles. The van der Waals surface area contributed by atoms with Crippen molar-refractivity contribution in [3.8, 4) is 0 Å². The average Bonchev–Trinajstić information content (AvgIpc) is 2.27. The van der Waals surface area contributed by atoms with Crippen LogP contribution < -0.4 is 0 Å². The van der Waals surface area contributed by atoms with Gasteiger partial charge in [0.2, 0.25) is 0 Å². The van der Waals surface area contributed by atoms with E-state index in [0.717, 1.165) is 6.42 Å². The van der Waals surface area contributed by atoms with E-state index < -0.39 is 0 Å². The van der Waals surface area contributed by atoms with Crippen LogP contribution in [-0.4, -0.2) is 17.3 Å².